The van der Waals surface area contributed by atoms with Crippen molar-refractivity contribution in [2.75, 3.05) is 0 Å². The van der Waals surface area contributed by atoms with Gasteiger partial charge in [0.1, 0.15) is 12.4 Å². The van der Waals surface area contributed by atoms with Gasteiger partial charge in [0.15, 0.2) is 0 Å². The standard InChI is InChI=1S/C23H22N2O2/c1-17-8-11-21(14-18(17)2)23(26)25-24-15-19-9-12-22(13-10-19)27-16-20-6-4-3-5-7-20/h3-15H,16H2,1-2H3,(H,25,26)/b24-15+. The minimum Gasteiger partial charge on any atom is -0.489 e. The van der Waals surface area contributed by atoms with Gasteiger partial charge in [-0.15, -0.1) is 0 Å². The van der Waals surface area contributed by atoms with Crippen molar-refractivity contribution in [1.82, 2.24) is 5.43 Å². The van der Waals surface area contributed by atoms with E-state index in [0.717, 1.165) is 28.0 Å². The van der Waals surface area contributed by atoms with Crippen molar-refractivity contribution in [3.63, 3.8) is 0 Å². The SMILES string of the molecule is Cc1ccc(C(=O)N/N=C/c2ccc(OCc3ccccc3)cc2)cc1C. The molecule has 1 N–H and O–H groups in total. The number of amides is 1. The zero-order valence-corrected chi connectivity index (χ0v) is 15.5. The Bertz CT molecular complexity index is 932. The lowest BCUT2D eigenvalue weighted by molar-refractivity contribution is 0.0955. The maximum atomic E-state index is 12.1. The summed E-state index contributed by atoms with van der Waals surface area (Å²) in [7, 11) is 0. The van der Waals surface area contributed by atoms with Gasteiger partial charge in [0.25, 0.3) is 5.91 Å². The van der Waals surface area contributed by atoms with Crippen LogP contribution in [-0.2, 0) is 6.61 Å². The van der Waals surface area contributed by atoms with Crippen LogP contribution in [0.5, 0.6) is 5.75 Å². The Kier molecular flexibility index (Phi) is 6.00. The van der Waals surface area contributed by atoms with Gasteiger partial charge < -0.3 is 4.74 Å². The van der Waals surface area contributed by atoms with E-state index in [9.17, 15) is 4.79 Å². The molecule has 3 rings (SSSR count). The fourth-order valence-corrected chi connectivity index (χ4v) is 2.50. The molecule has 1 amide bonds. The quantitative estimate of drug-likeness (QED) is 0.515. The molecule has 0 aliphatic rings. The number of aryl methyl sites for hydroxylation is 2. The van der Waals surface area contributed by atoms with Gasteiger partial charge in [-0.25, -0.2) is 5.43 Å². The molecule has 4 heteroatoms. The second-order valence-electron chi connectivity index (χ2n) is 6.34. The Balaban J connectivity index is 1.53. The molecule has 0 aliphatic carbocycles. The highest BCUT2D eigenvalue weighted by atomic mass is 16.5. The lowest BCUT2D eigenvalue weighted by atomic mass is 10.1. The largest absolute Gasteiger partial charge is 0.489 e. The predicted octanol–water partition coefficient (Wildman–Crippen LogP) is 4.65. The maximum Gasteiger partial charge on any atom is 0.271 e. The van der Waals surface area contributed by atoms with Gasteiger partial charge >= 0.3 is 0 Å². The number of ether oxygens (including phenoxy) is 1. The third-order valence-electron chi connectivity index (χ3n) is 4.28. The summed E-state index contributed by atoms with van der Waals surface area (Å²) in [5, 5.41) is 4.03. The van der Waals surface area contributed by atoms with Crippen LogP contribution in [0.25, 0.3) is 0 Å². The fourth-order valence-electron chi connectivity index (χ4n) is 2.50. The van der Waals surface area contributed by atoms with Gasteiger partial charge in [0, 0.05) is 5.56 Å². The molecule has 3 aromatic rings. The van der Waals surface area contributed by atoms with Crippen molar-refractivity contribution < 1.29 is 9.53 Å². The van der Waals surface area contributed by atoms with E-state index >= 15 is 0 Å². The Morgan fingerprint density at radius 1 is 0.963 bits per heavy atom. The number of hydrazone groups is 1. The van der Waals surface area contributed by atoms with Crippen LogP contribution in [0.1, 0.15) is 32.6 Å². The van der Waals surface area contributed by atoms with E-state index in [2.05, 4.69) is 10.5 Å². The first kappa shape index (κ1) is 18.4. The van der Waals surface area contributed by atoms with E-state index in [1.165, 1.54) is 0 Å². The first-order chi connectivity index (χ1) is 13.1. The van der Waals surface area contributed by atoms with Crippen molar-refractivity contribution in [3.05, 3.63) is 101 Å². The van der Waals surface area contributed by atoms with Crippen LogP contribution >= 0.6 is 0 Å². The molecule has 0 heterocycles. The number of nitrogens with one attached hydrogen (secondary N) is 1. The van der Waals surface area contributed by atoms with E-state index < -0.39 is 0 Å². The molecule has 0 bridgehead atoms. The molecule has 0 radical (unpaired) electrons. The highest BCUT2D eigenvalue weighted by Gasteiger charge is 2.05. The summed E-state index contributed by atoms with van der Waals surface area (Å²) >= 11 is 0. The highest BCUT2D eigenvalue weighted by Crippen LogP contribution is 2.13. The van der Waals surface area contributed by atoms with Gasteiger partial charge in [0.2, 0.25) is 0 Å². The number of rotatable bonds is 6. The molecule has 136 valence electrons. The van der Waals surface area contributed by atoms with Crippen molar-refractivity contribution in [2.45, 2.75) is 20.5 Å². The highest BCUT2D eigenvalue weighted by molar-refractivity contribution is 5.95. The number of carbonyl (C=O) groups excluding carboxylic acids is 1. The Labute approximate surface area is 159 Å². The van der Waals surface area contributed by atoms with Crippen LogP contribution in [0.4, 0.5) is 0 Å². The maximum absolute atomic E-state index is 12.1. The molecule has 0 saturated carbocycles. The molecule has 0 aromatic heterocycles. The van der Waals surface area contributed by atoms with Gasteiger partial charge in [-0.3, -0.25) is 4.79 Å². The fraction of sp³-hybridized carbons (Fsp3) is 0.130. The Morgan fingerprint density at radius 3 is 2.41 bits per heavy atom. The van der Waals surface area contributed by atoms with Crippen molar-refractivity contribution in [1.29, 1.82) is 0 Å². The normalized spacial score (nSPS) is 10.7. The van der Waals surface area contributed by atoms with E-state index in [4.69, 9.17) is 4.74 Å². The van der Waals surface area contributed by atoms with Gasteiger partial charge in [-0.2, -0.15) is 5.10 Å². The van der Waals surface area contributed by atoms with Crippen LogP contribution in [0.3, 0.4) is 0 Å². The summed E-state index contributed by atoms with van der Waals surface area (Å²) in [4.78, 5) is 12.1. The molecule has 0 atom stereocenters. The molecule has 4 nitrogen and oxygen atoms in total. The van der Waals surface area contributed by atoms with Crippen LogP contribution < -0.4 is 10.2 Å². The van der Waals surface area contributed by atoms with E-state index in [0.29, 0.717) is 12.2 Å². The smallest absolute Gasteiger partial charge is 0.271 e. The van der Waals surface area contributed by atoms with Crippen LogP contribution in [0.15, 0.2) is 77.9 Å². The Hall–Kier alpha value is -3.40. The van der Waals surface area contributed by atoms with Crippen molar-refractivity contribution in [3.8, 4) is 5.75 Å². The second kappa shape index (κ2) is 8.81. The van der Waals surface area contributed by atoms with Crippen molar-refractivity contribution >= 4 is 12.1 Å². The zero-order chi connectivity index (χ0) is 19.1. The van der Waals surface area contributed by atoms with Crippen LogP contribution in [0, 0.1) is 13.8 Å². The minimum atomic E-state index is -0.225. The van der Waals surface area contributed by atoms with E-state index in [-0.39, 0.29) is 5.91 Å². The Morgan fingerprint density at radius 2 is 1.70 bits per heavy atom. The van der Waals surface area contributed by atoms with Gasteiger partial charge in [-0.05, 0) is 72.5 Å². The van der Waals surface area contributed by atoms with Crippen LogP contribution in [0.2, 0.25) is 0 Å². The molecule has 0 unspecified atom stereocenters. The lowest BCUT2D eigenvalue weighted by Crippen LogP contribution is -2.17. The average molecular weight is 358 g/mol. The summed E-state index contributed by atoms with van der Waals surface area (Å²) in [6.07, 6.45) is 1.61. The molecule has 0 spiro atoms. The number of carbonyl (C=O) groups is 1. The molecular formula is C23H22N2O2. The predicted molar refractivity (Wildman–Crippen MR) is 108 cm³/mol. The summed E-state index contributed by atoms with van der Waals surface area (Å²) < 4.78 is 5.75. The first-order valence-corrected chi connectivity index (χ1v) is 8.79. The number of nitrogens with zero attached hydrogens (tertiary/aromatic N) is 1. The first-order valence-electron chi connectivity index (χ1n) is 8.79. The lowest BCUT2D eigenvalue weighted by Gasteiger charge is -2.06. The molecular weight excluding hydrogens is 336 g/mol. The van der Waals surface area contributed by atoms with Gasteiger partial charge in [0.05, 0.1) is 6.21 Å². The summed E-state index contributed by atoms with van der Waals surface area (Å²) in [5.74, 6) is 0.562. The summed E-state index contributed by atoms with van der Waals surface area (Å²) in [6.45, 7) is 4.53. The van der Waals surface area contributed by atoms with E-state index in [1.807, 2.05) is 80.6 Å². The minimum absolute atomic E-state index is 0.225. The third-order valence-corrected chi connectivity index (χ3v) is 4.28. The molecule has 0 aliphatic heterocycles. The molecule has 27 heavy (non-hydrogen) atoms. The van der Waals surface area contributed by atoms with Crippen molar-refractivity contribution in [2.24, 2.45) is 5.10 Å². The van der Waals surface area contributed by atoms with E-state index in [1.54, 1.807) is 12.3 Å². The molecule has 0 saturated heterocycles. The number of hydrogen-bond acceptors (Lipinski definition) is 3. The summed E-state index contributed by atoms with van der Waals surface area (Å²) in [5.41, 5.74) is 7.39. The topological polar surface area (TPSA) is 50.7 Å². The average Bonchev–Trinajstić information content (AvgIpc) is 2.70. The monoisotopic (exact) mass is 358 g/mol. The molecule has 0 fully saturated rings. The summed E-state index contributed by atoms with van der Waals surface area (Å²) in [6, 6.07) is 23.2. The third kappa shape index (κ3) is 5.28. The second-order valence-corrected chi connectivity index (χ2v) is 6.34. The number of hydrogen-bond donors (Lipinski definition) is 1. The molecule has 3 aromatic carbocycles. The zero-order valence-electron chi connectivity index (χ0n) is 15.5. The van der Waals surface area contributed by atoms with Gasteiger partial charge in [-0.1, -0.05) is 36.4 Å². The number of benzene rings is 3. The van der Waals surface area contributed by atoms with Crippen LogP contribution in [-0.4, -0.2) is 12.1 Å².